The maximum Gasteiger partial charge on any atom is 0.149 e. The quantitative estimate of drug-likeness (QED) is 0.839. The number of nitrogens with zero attached hydrogens (tertiary/aromatic N) is 4. The molecule has 5 heteroatoms. The lowest BCUT2D eigenvalue weighted by atomic mass is 10.0. The number of piperidine rings is 1. The first-order chi connectivity index (χ1) is 9.83. The van der Waals surface area contributed by atoms with Gasteiger partial charge in [-0.05, 0) is 38.8 Å². The molecule has 0 bridgehead atoms. The lowest BCUT2D eigenvalue weighted by molar-refractivity contribution is 0.182. The van der Waals surface area contributed by atoms with Gasteiger partial charge in [-0.25, -0.2) is 4.98 Å². The number of likely N-dealkylation sites (tertiary alicyclic amines) is 1. The van der Waals surface area contributed by atoms with Crippen LogP contribution in [0.5, 0.6) is 0 Å². The smallest absolute Gasteiger partial charge is 0.149 e. The van der Waals surface area contributed by atoms with E-state index in [2.05, 4.69) is 19.8 Å². The first-order valence-corrected chi connectivity index (χ1v) is 8.17. The fraction of sp³-hybridized carbons (Fsp3) is 0.733. The summed E-state index contributed by atoms with van der Waals surface area (Å²) in [6.07, 6.45) is 11.5. The van der Waals surface area contributed by atoms with Crippen LogP contribution in [0.4, 0.5) is 5.82 Å². The highest BCUT2D eigenvalue weighted by Crippen LogP contribution is 2.23. The maximum atomic E-state index is 5.96. The zero-order valence-electron chi connectivity index (χ0n) is 12.0. The Morgan fingerprint density at radius 3 is 2.55 bits per heavy atom. The Morgan fingerprint density at radius 2 is 1.80 bits per heavy atom. The van der Waals surface area contributed by atoms with Crippen LogP contribution in [-0.2, 0) is 0 Å². The Balaban J connectivity index is 1.66. The summed E-state index contributed by atoms with van der Waals surface area (Å²) in [4.78, 5) is 13.6. The second-order valence-electron chi connectivity index (χ2n) is 5.89. The SMILES string of the molecule is Clc1cncc(N2CCCC(N3CCCCCC3)C2)n1. The number of anilines is 1. The van der Waals surface area contributed by atoms with Crippen molar-refractivity contribution in [2.45, 2.75) is 44.6 Å². The van der Waals surface area contributed by atoms with Gasteiger partial charge in [0.25, 0.3) is 0 Å². The Bertz CT molecular complexity index is 432. The van der Waals surface area contributed by atoms with E-state index < -0.39 is 0 Å². The first-order valence-electron chi connectivity index (χ1n) is 7.79. The van der Waals surface area contributed by atoms with Crippen LogP contribution in [0.25, 0.3) is 0 Å². The number of halogens is 1. The number of hydrogen-bond donors (Lipinski definition) is 0. The molecule has 0 aromatic carbocycles. The summed E-state index contributed by atoms with van der Waals surface area (Å²) < 4.78 is 0. The van der Waals surface area contributed by atoms with Crippen molar-refractivity contribution >= 4 is 17.4 Å². The fourth-order valence-corrected chi connectivity index (χ4v) is 3.55. The van der Waals surface area contributed by atoms with Gasteiger partial charge in [0.15, 0.2) is 0 Å². The molecule has 1 aromatic heterocycles. The van der Waals surface area contributed by atoms with Crippen molar-refractivity contribution in [3.05, 3.63) is 17.5 Å². The molecule has 20 heavy (non-hydrogen) atoms. The van der Waals surface area contributed by atoms with Gasteiger partial charge in [0, 0.05) is 19.1 Å². The third kappa shape index (κ3) is 3.41. The second kappa shape index (κ2) is 6.72. The van der Waals surface area contributed by atoms with Gasteiger partial charge in [-0.1, -0.05) is 24.4 Å². The monoisotopic (exact) mass is 294 g/mol. The molecule has 3 rings (SSSR count). The van der Waals surface area contributed by atoms with Gasteiger partial charge in [-0.2, -0.15) is 0 Å². The van der Waals surface area contributed by atoms with E-state index in [0.29, 0.717) is 11.2 Å². The molecule has 0 amide bonds. The zero-order valence-corrected chi connectivity index (χ0v) is 12.7. The van der Waals surface area contributed by atoms with Gasteiger partial charge in [-0.3, -0.25) is 9.88 Å². The summed E-state index contributed by atoms with van der Waals surface area (Å²) >= 11 is 5.96. The predicted octanol–water partition coefficient (Wildman–Crippen LogP) is 2.97. The standard InChI is InChI=1S/C15H23ClN4/c16-14-10-17-11-15(18-14)20-9-5-6-13(12-20)19-7-3-1-2-4-8-19/h10-11,13H,1-9,12H2. The lowest BCUT2D eigenvalue weighted by Gasteiger charge is -2.39. The Kier molecular flexibility index (Phi) is 4.73. The van der Waals surface area contributed by atoms with E-state index in [0.717, 1.165) is 18.9 Å². The van der Waals surface area contributed by atoms with E-state index in [1.54, 1.807) is 6.20 Å². The molecule has 1 unspecified atom stereocenters. The van der Waals surface area contributed by atoms with Gasteiger partial charge in [0.1, 0.15) is 11.0 Å². The molecular weight excluding hydrogens is 272 g/mol. The van der Waals surface area contributed by atoms with E-state index in [4.69, 9.17) is 11.6 Å². The molecule has 2 aliphatic heterocycles. The first kappa shape index (κ1) is 14.1. The number of rotatable bonds is 2. The lowest BCUT2D eigenvalue weighted by Crippen LogP contribution is -2.48. The van der Waals surface area contributed by atoms with Gasteiger partial charge in [-0.15, -0.1) is 0 Å². The van der Waals surface area contributed by atoms with Crippen molar-refractivity contribution in [2.24, 2.45) is 0 Å². The Hall–Kier alpha value is -0.870. The van der Waals surface area contributed by atoms with Crippen LogP contribution in [-0.4, -0.2) is 47.1 Å². The fourth-order valence-electron chi connectivity index (χ4n) is 3.41. The van der Waals surface area contributed by atoms with Crippen LogP contribution < -0.4 is 4.90 Å². The molecule has 110 valence electrons. The minimum atomic E-state index is 0.486. The molecule has 0 saturated carbocycles. The Labute approximate surface area is 126 Å². The molecule has 0 aliphatic carbocycles. The third-order valence-electron chi connectivity index (χ3n) is 4.47. The molecule has 2 fully saturated rings. The van der Waals surface area contributed by atoms with Crippen LogP contribution >= 0.6 is 11.6 Å². The van der Waals surface area contributed by atoms with E-state index >= 15 is 0 Å². The van der Waals surface area contributed by atoms with Crippen molar-refractivity contribution in [1.29, 1.82) is 0 Å². The zero-order chi connectivity index (χ0) is 13.8. The van der Waals surface area contributed by atoms with E-state index in [9.17, 15) is 0 Å². The molecule has 0 radical (unpaired) electrons. The van der Waals surface area contributed by atoms with Crippen LogP contribution in [0, 0.1) is 0 Å². The van der Waals surface area contributed by atoms with Crippen molar-refractivity contribution < 1.29 is 0 Å². The summed E-state index contributed by atoms with van der Waals surface area (Å²) in [5, 5.41) is 0.486. The second-order valence-corrected chi connectivity index (χ2v) is 6.28. The highest BCUT2D eigenvalue weighted by Gasteiger charge is 2.26. The van der Waals surface area contributed by atoms with Crippen molar-refractivity contribution in [1.82, 2.24) is 14.9 Å². The molecule has 3 heterocycles. The molecule has 4 nitrogen and oxygen atoms in total. The summed E-state index contributed by atoms with van der Waals surface area (Å²) in [5.74, 6) is 0.928. The highest BCUT2D eigenvalue weighted by atomic mass is 35.5. The molecule has 1 atom stereocenters. The van der Waals surface area contributed by atoms with Crippen molar-refractivity contribution in [3.8, 4) is 0 Å². The molecule has 0 N–H and O–H groups in total. The highest BCUT2D eigenvalue weighted by molar-refractivity contribution is 6.29. The normalized spacial score (nSPS) is 25.4. The molecule has 2 saturated heterocycles. The summed E-state index contributed by atoms with van der Waals surface area (Å²) in [5.41, 5.74) is 0. The molecule has 2 aliphatic rings. The number of aromatic nitrogens is 2. The molecule has 0 spiro atoms. The number of hydrogen-bond acceptors (Lipinski definition) is 4. The van der Waals surface area contributed by atoms with Crippen LogP contribution in [0.3, 0.4) is 0 Å². The van der Waals surface area contributed by atoms with E-state index in [1.807, 2.05) is 6.20 Å². The molecular formula is C15H23ClN4. The predicted molar refractivity (Wildman–Crippen MR) is 82.3 cm³/mol. The topological polar surface area (TPSA) is 32.3 Å². The van der Waals surface area contributed by atoms with Crippen LogP contribution in [0.1, 0.15) is 38.5 Å². The Morgan fingerprint density at radius 1 is 1.00 bits per heavy atom. The van der Waals surface area contributed by atoms with E-state index in [1.165, 1.54) is 51.6 Å². The van der Waals surface area contributed by atoms with Gasteiger partial charge in [0.05, 0.1) is 12.4 Å². The summed E-state index contributed by atoms with van der Waals surface area (Å²) in [6, 6.07) is 0.669. The average molecular weight is 295 g/mol. The molecule has 1 aromatic rings. The summed E-state index contributed by atoms with van der Waals surface area (Å²) in [6.45, 7) is 4.66. The minimum absolute atomic E-state index is 0.486. The average Bonchev–Trinajstić information content (AvgIpc) is 2.76. The summed E-state index contributed by atoms with van der Waals surface area (Å²) in [7, 11) is 0. The van der Waals surface area contributed by atoms with Crippen molar-refractivity contribution in [2.75, 3.05) is 31.1 Å². The van der Waals surface area contributed by atoms with Gasteiger partial charge in [0.2, 0.25) is 0 Å². The van der Waals surface area contributed by atoms with Gasteiger partial charge >= 0.3 is 0 Å². The van der Waals surface area contributed by atoms with Crippen molar-refractivity contribution in [3.63, 3.8) is 0 Å². The van der Waals surface area contributed by atoms with E-state index in [-0.39, 0.29) is 0 Å². The maximum absolute atomic E-state index is 5.96. The van der Waals surface area contributed by atoms with Crippen LogP contribution in [0.15, 0.2) is 12.4 Å². The third-order valence-corrected chi connectivity index (χ3v) is 4.65. The largest absolute Gasteiger partial charge is 0.354 e. The van der Waals surface area contributed by atoms with Crippen LogP contribution in [0.2, 0.25) is 5.15 Å². The minimum Gasteiger partial charge on any atom is -0.354 e. The van der Waals surface area contributed by atoms with Gasteiger partial charge < -0.3 is 4.90 Å².